The van der Waals surface area contributed by atoms with Crippen molar-refractivity contribution in [2.75, 3.05) is 13.1 Å². The predicted octanol–water partition coefficient (Wildman–Crippen LogP) is 4.43. The van der Waals surface area contributed by atoms with E-state index < -0.39 is 0 Å². The highest BCUT2D eigenvalue weighted by Crippen LogP contribution is 2.36. The zero-order chi connectivity index (χ0) is 21.2. The number of nitrogens with one attached hydrogen (secondary N) is 1. The lowest BCUT2D eigenvalue weighted by Crippen LogP contribution is -2.42. The van der Waals surface area contributed by atoms with Gasteiger partial charge in [0.05, 0.1) is 11.6 Å². The van der Waals surface area contributed by atoms with Crippen LogP contribution >= 0.6 is 0 Å². The first-order chi connectivity index (χ1) is 15.2. The van der Waals surface area contributed by atoms with Crippen molar-refractivity contribution in [2.24, 2.45) is 5.92 Å². The molecule has 1 N–H and O–H groups in total. The lowest BCUT2D eigenvalue weighted by molar-refractivity contribution is -0.136. The van der Waals surface area contributed by atoms with E-state index in [-0.39, 0.29) is 17.6 Å². The van der Waals surface area contributed by atoms with Crippen molar-refractivity contribution in [3.8, 4) is 11.3 Å². The van der Waals surface area contributed by atoms with Crippen LogP contribution in [0.2, 0.25) is 0 Å². The van der Waals surface area contributed by atoms with Gasteiger partial charge >= 0.3 is 0 Å². The fraction of sp³-hybridized carbons (Fsp3) is 0.346. The second-order valence-corrected chi connectivity index (χ2v) is 8.64. The van der Waals surface area contributed by atoms with E-state index in [9.17, 15) is 9.59 Å². The zero-order valence-electron chi connectivity index (χ0n) is 17.6. The third kappa shape index (κ3) is 3.92. The summed E-state index contributed by atoms with van der Waals surface area (Å²) in [6.45, 7) is 1.64. The van der Waals surface area contributed by atoms with E-state index in [4.69, 9.17) is 0 Å². The topological polar surface area (TPSA) is 66.1 Å². The van der Waals surface area contributed by atoms with E-state index in [2.05, 4.69) is 22.1 Å². The van der Waals surface area contributed by atoms with Gasteiger partial charge in [-0.3, -0.25) is 14.6 Å². The average Bonchev–Trinajstić information content (AvgIpc) is 3.19. The van der Waals surface area contributed by atoms with Crippen LogP contribution in [0.5, 0.6) is 0 Å². The van der Waals surface area contributed by atoms with Gasteiger partial charge in [0, 0.05) is 61.6 Å². The van der Waals surface area contributed by atoms with Crippen LogP contribution in [0.15, 0.2) is 54.9 Å². The molecule has 1 atom stereocenters. The summed E-state index contributed by atoms with van der Waals surface area (Å²) in [5.74, 6) is -0.0333. The Labute approximate surface area is 182 Å². The maximum absolute atomic E-state index is 13.3. The molecule has 1 fully saturated rings. The van der Waals surface area contributed by atoms with Gasteiger partial charge in [0.2, 0.25) is 5.91 Å². The van der Waals surface area contributed by atoms with E-state index >= 15 is 0 Å². The summed E-state index contributed by atoms with van der Waals surface area (Å²) < 4.78 is 0. The number of rotatable bonds is 4. The number of H-pyrrole nitrogens is 1. The van der Waals surface area contributed by atoms with Gasteiger partial charge < -0.3 is 9.88 Å². The Kier molecular flexibility index (Phi) is 5.41. The molecule has 0 bridgehead atoms. The number of aromatic nitrogens is 2. The van der Waals surface area contributed by atoms with Gasteiger partial charge in [-0.25, -0.2) is 0 Å². The van der Waals surface area contributed by atoms with E-state index in [1.165, 1.54) is 12.0 Å². The number of hydrogen-bond donors (Lipinski definition) is 1. The van der Waals surface area contributed by atoms with Crippen molar-refractivity contribution in [3.05, 3.63) is 77.2 Å². The number of ketones is 1. The van der Waals surface area contributed by atoms with Crippen molar-refractivity contribution in [1.29, 1.82) is 0 Å². The number of nitrogens with zero attached hydrogens (tertiary/aromatic N) is 2. The molecule has 0 radical (unpaired) electrons. The minimum absolute atomic E-state index is 0.0825. The minimum Gasteiger partial charge on any atom is -0.358 e. The number of hydrogen-bond acceptors (Lipinski definition) is 3. The summed E-state index contributed by atoms with van der Waals surface area (Å²) >= 11 is 0. The first-order valence-corrected chi connectivity index (χ1v) is 11.2. The molecular formula is C26H27N3O2. The summed E-state index contributed by atoms with van der Waals surface area (Å²) in [5.41, 5.74) is 5.88. The highest BCUT2D eigenvalue weighted by atomic mass is 16.2. The summed E-state index contributed by atoms with van der Waals surface area (Å²) in [6.07, 6.45) is 8.44. The SMILES string of the molecule is O=C1CC(C(=O)N2CCCCC2)Cc2[nH]c(-c3ccncc3)c(Cc3ccccc3)c21. The van der Waals surface area contributed by atoms with Crippen LogP contribution in [0.1, 0.15) is 52.9 Å². The highest BCUT2D eigenvalue weighted by molar-refractivity contribution is 6.04. The fourth-order valence-electron chi connectivity index (χ4n) is 5.02. The molecule has 1 saturated heterocycles. The number of fused-ring (bicyclic) bond motifs is 1. The van der Waals surface area contributed by atoms with Crippen molar-refractivity contribution in [2.45, 2.75) is 38.5 Å². The normalized spacial score (nSPS) is 18.6. The smallest absolute Gasteiger partial charge is 0.226 e. The van der Waals surface area contributed by atoms with Crippen molar-refractivity contribution < 1.29 is 9.59 Å². The quantitative estimate of drug-likeness (QED) is 0.688. The Morgan fingerprint density at radius 2 is 1.74 bits per heavy atom. The minimum atomic E-state index is -0.258. The predicted molar refractivity (Wildman–Crippen MR) is 120 cm³/mol. The van der Waals surface area contributed by atoms with Crippen LogP contribution in [0, 0.1) is 5.92 Å². The van der Waals surface area contributed by atoms with Crippen LogP contribution in [0.4, 0.5) is 0 Å². The maximum Gasteiger partial charge on any atom is 0.226 e. The Morgan fingerprint density at radius 1 is 1.00 bits per heavy atom. The van der Waals surface area contributed by atoms with Gasteiger partial charge in [-0.1, -0.05) is 30.3 Å². The molecular weight excluding hydrogens is 386 g/mol. The van der Waals surface area contributed by atoms with Crippen LogP contribution < -0.4 is 0 Å². The number of aromatic amines is 1. The molecule has 1 amide bonds. The summed E-state index contributed by atoms with van der Waals surface area (Å²) in [7, 11) is 0. The second kappa shape index (κ2) is 8.50. The summed E-state index contributed by atoms with van der Waals surface area (Å²) in [6, 6.07) is 14.2. The third-order valence-electron chi connectivity index (χ3n) is 6.55. The molecule has 0 saturated carbocycles. The molecule has 5 nitrogen and oxygen atoms in total. The number of Topliss-reactive ketones (excluding diaryl/α,β-unsaturated/α-hetero) is 1. The summed E-state index contributed by atoms with van der Waals surface area (Å²) in [5, 5.41) is 0. The van der Waals surface area contributed by atoms with E-state index in [0.717, 1.165) is 54.0 Å². The van der Waals surface area contributed by atoms with E-state index in [1.807, 2.05) is 35.2 Å². The molecule has 0 spiro atoms. The van der Waals surface area contributed by atoms with Crippen molar-refractivity contribution in [1.82, 2.24) is 14.9 Å². The molecule has 3 heterocycles. The van der Waals surface area contributed by atoms with Crippen LogP contribution in [-0.4, -0.2) is 39.6 Å². The molecule has 2 aromatic heterocycles. The van der Waals surface area contributed by atoms with Gasteiger partial charge in [0.25, 0.3) is 0 Å². The fourth-order valence-corrected chi connectivity index (χ4v) is 5.02. The number of pyridine rings is 1. The average molecular weight is 414 g/mol. The van der Waals surface area contributed by atoms with Gasteiger partial charge in [-0.2, -0.15) is 0 Å². The molecule has 5 rings (SSSR count). The molecule has 5 heteroatoms. The van der Waals surface area contributed by atoms with Crippen LogP contribution in [0.25, 0.3) is 11.3 Å². The number of piperidine rings is 1. The monoisotopic (exact) mass is 413 g/mol. The zero-order valence-corrected chi connectivity index (χ0v) is 17.6. The Bertz CT molecular complexity index is 1080. The molecule has 158 valence electrons. The number of carbonyl (C=O) groups excluding carboxylic acids is 2. The number of benzene rings is 1. The molecule has 1 aromatic carbocycles. The van der Waals surface area contributed by atoms with Gasteiger partial charge in [0.15, 0.2) is 5.78 Å². The summed E-state index contributed by atoms with van der Waals surface area (Å²) in [4.78, 5) is 36.1. The molecule has 1 unspecified atom stereocenters. The van der Waals surface area contributed by atoms with Crippen molar-refractivity contribution in [3.63, 3.8) is 0 Å². The van der Waals surface area contributed by atoms with E-state index in [0.29, 0.717) is 19.3 Å². The van der Waals surface area contributed by atoms with Crippen molar-refractivity contribution >= 4 is 11.7 Å². The Morgan fingerprint density at radius 3 is 2.48 bits per heavy atom. The second-order valence-electron chi connectivity index (χ2n) is 8.64. The largest absolute Gasteiger partial charge is 0.358 e. The van der Waals surface area contributed by atoms with Gasteiger partial charge in [-0.15, -0.1) is 0 Å². The molecule has 2 aliphatic rings. The maximum atomic E-state index is 13.3. The standard InChI is InChI=1S/C26H27N3O2/c30-23-17-20(26(31)29-13-5-2-6-14-29)16-22-24(23)21(15-18-7-3-1-4-8-18)25(28-22)19-9-11-27-12-10-19/h1,3-4,7-12,20,28H,2,5-6,13-17H2. The molecule has 1 aliphatic heterocycles. The van der Waals surface area contributed by atoms with Gasteiger partial charge in [0.1, 0.15) is 0 Å². The molecule has 1 aliphatic carbocycles. The van der Waals surface area contributed by atoms with Crippen LogP contribution in [-0.2, 0) is 17.6 Å². The number of carbonyl (C=O) groups is 2. The first-order valence-electron chi connectivity index (χ1n) is 11.2. The van der Waals surface area contributed by atoms with E-state index in [1.54, 1.807) is 12.4 Å². The number of amides is 1. The Hall–Kier alpha value is -3.21. The lowest BCUT2D eigenvalue weighted by Gasteiger charge is -2.31. The lowest BCUT2D eigenvalue weighted by atomic mass is 9.83. The number of likely N-dealkylation sites (tertiary alicyclic amines) is 1. The van der Waals surface area contributed by atoms with Crippen LogP contribution in [0.3, 0.4) is 0 Å². The Balaban J connectivity index is 1.52. The molecule has 3 aromatic rings. The highest BCUT2D eigenvalue weighted by Gasteiger charge is 2.36. The van der Waals surface area contributed by atoms with Gasteiger partial charge in [-0.05, 0) is 42.5 Å². The first kappa shape index (κ1) is 19.7. The third-order valence-corrected chi connectivity index (χ3v) is 6.55. The molecule has 31 heavy (non-hydrogen) atoms.